The lowest BCUT2D eigenvalue weighted by Gasteiger charge is -2.33. The third-order valence-corrected chi connectivity index (χ3v) is 6.90. The molecule has 1 fully saturated rings. The molecule has 9 nitrogen and oxygen atoms in total. The third-order valence-electron chi connectivity index (χ3n) is 6.18. The molecule has 1 aliphatic heterocycles. The van der Waals surface area contributed by atoms with E-state index in [2.05, 4.69) is 42.5 Å². The number of H-pyrrole nitrogens is 1. The quantitative estimate of drug-likeness (QED) is 0.373. The fourth-order valence-corrected chi connectivity index (χ4v) is 5.30. The van der Waals surface area contributed by atoms with Crippen LogP contribution in [-0.4, -0.2) is 51.9 Å². The summed E-state index contributed by atoms with van der Waals surface area (Å²) in [5, 5.41) is 11.3. The van der Waals surface area contributed by atoms with E-state index >= 15 is 0 Å². The molecule has 0 amide bonds. The van der Waals surface area contributed by atoms with E-state index in [-0.39, 0.29) is 6.04 Å². The van der Waals surface area contributed by atoms with Crippen LogP contribution in [0.1, 0.15) is 42.4 Å². The van der Waals surface area contributed by atoms with Crippen LogP contribution in [0.25, 0.3) is 16.9 Å². The number of aromatic amines is 1. The Morgan fingerprint density at radius 1 is 1.09 bits per heavy atom. The van der Waals surface area contributed by atoms with Crippen LogP contribution in [-0.2, 0) is 0 Å². The molecule has 0 radical (unpaired) electrons. The molecule has 0 bridgehead atoms. The zero-order valence-corrected chi connectivity index (χ0v) is 19.7. The summed E-state index contributed by atoms with van der Waals surface area (Å²) in [5.41, 5.74) is 5.64. The number of rotatable bonds is 6. The average Bonchev–Trinajstić information content (AvgIpc) is 3.62. The molecule has 1 saturated heterocycles. The van der Waals surface area contributed by atoms with E-state index in [1.807, 2.05) is 48.2 Å². The van der Waals surface area contributed by atoms with Crippen molar-refractivity contribution >= 4 is 28.0 Å². The van der Waals surface area contributed by atoms with Crippen LogP contribution in [0.15, 0.2) is 55.2 Å². The Morgan fingerprint density at radius 2 is 2.00 bits per heavy atom. The van der Waals surface area contributed by atoms with Crippen LogP contribution in [0.2, 0.25) is 0 Å². The molecule has 1 aliphatic rings. The van der Waals surface area contributed by atoms with Crippen molar-refractivity contribution in [2.75, 3.05) is 18.4 Å². The molecule has 5 aromatic heterocycles. The van der Waals surface area contributed by atoms with Crippen molar-refractivity contribution < 1.29 is 0 Å². The maximum Gasteiger partial charge on any atom is 0.180 e. The van der Waals surface area contributed by atoms with Crippen molar-refractivity contribution in [1.29, 1.82) is 0 Å². The van der Waals surface area contributed by atoms with E-state index in [1.165, 1.54) is 30.8 Å². The van der Waals surface area contributed by atoms with Crippen LogP contribution in [0.4, 0.5) is 10.8 Å². The Morgan fingerprint density at radius 3 is 2.79 bits per heavy atom. The minimum atomic E-state index is 0.0536. The highest BCUT2D eigenvalue weighted by atomic mass is 32.1. The average molecular weight is 472 g/mol. The van der Waals surface area contributed by atoms with Crippen LogP contribution < -0.4 is 5.32 Å². The Labute approximate surface area is 201 Å². The lowest BCUT2D eigenvalue weighted by Crippen LogP contribution is -2.34. The van der Waals surface area contributed by atoms with Gasteiger partial charge in [-0.3, -0.25) is 19.4 Å². The van der Waals surface area contributed by atoms with E-state index < -0.39 is 0 Å². The van der Waals surface area contributed by atoms with Gasteiger partial charge < -0.3 is 5.32 Å². The lowest BCUT2D eigenvalue weighted by atomic mass is 10.0. The van der Waals surface area contributed by atoms with Gasteiger partial charge >= 0.3 is 0 Å². The van der Waals surface area contributed by atoms with Crippen molar-refractivity contribution in [2.45, 2.75) is 32.2 Å². The first-order valence-corrected chi connectivity index (χ1v) is 12.3. The monoisotopic (exact) mass is 471 g/mol. The Balaban J connectivity index is 1.34. The largest absolute Gasteiger partial charge is 0.328 e. The summed E-state index contributed by atoms with van der Waals surface area (Å²) in [6.07, 6.45) is 13.1. The van der Waals surface area contributed by atoms with Gasteiger partial charge in [-0.1, -0.05) is 12.5 Å². The van der Waals surface area contributed by atoms with E-state index in [9.17, 15) is 0 Å². The summed E-state index contributed by atoms with van der Waals surface area (Å²) in [7, 11) is 0. The molecule has 0 aliphatic carbocycles. The maximum atomic E-state index is 4.84. The van der Waals surface area contributed by atoms with E-state index in [1.54, 1.807) is 6.20 Å². The van der Waals surface area contributed by atoms with Gasteiger partial charge in [-0.15, -0.1) is 0 Å². The van der Waals surface area contributed by atoms with Gasteiger partial charge in [-0.05, 0) is 62.6 Å². The van der Waals surface area contributed by atoms with Gasteiger partial charge in [0.2, 0.25) is 0 Å². The summed E-state index contributed by atoms with van der Waals surface area (Å²) in [6, 6.07) is 8.28. The molecule has 0 aromatic carbocycles. The smallest absolute Gasteiger partial charge is 0.180 e. The molecule has 2 N–H and O–H groups in total. The molecule has 0 saturated carbocycles. The predicted octanol–water partition coefficient (Wildman–Crippen LogP) is 4.60. The van der Waals surface area contributed by atoms with Gasteiger partial charge in [0.1, 0.15) is 5.00 Å². The Kier molecular flexibility index (Phi) is 5.52. The van der Waals surface area contributed by atoms with Crippen molar-refractivity contribution in [3.05, 3.63) is 72.3 Å². The summed E-state index contributed by atoms with van der Waals surface area (Å²) < 4.78 is 6.89. The molecular formula is C24H25N9S. The second kappa shape index (κ2) is 8.96. The van der Waals surface area contributed by atoms with Gasteiger partial charge in [-0.25, -0.2) is 9.97 Å². The fraction of sp³-hybridized carbons (Fsp3) is 0.292. The number of nitrogens with one attached hydrogen (secondary N) is 2. The van der Waals surface area contributed by atoms with Gasteiger partial charge in [0, 0.05) is 24.2 Å². The number of hydrogen-bond acceptors (Lipinski definition) is 8. The van der Waals surface area contributed by atoms with E-state index in [4.69, 9.17) is 9.36 Å². The molecular weight excluding hydrogens is 446 g/mol. The number of anilines is 2. The highest BCUT2D eigenvalue weighted by molar-refractivity contribution is 7.10. The van der Waals surface area contributed by atoms with Crippen LogP contribution in [0.5, 0.6) is 0 Å². The minimum absolute atomic E-state index is 0.0536. The van der Waals surface area contributed by atoms with Crippen LogP contribution >= 0.6 is 11.5 Å². The first-order valence-electron chi connectivity index (χ1n) is 11.5. The first-order chi connectivity index (χ1) is 16.8. The number of nitrogens with zero attached hydrogens (tertiary/aromatic N) is 7. The number of aromatic nitrogens is 7. The molecule has 5 aromatic rings. The molecule has 34 heavy (non-hydrogen) atoms. The highest BCUT2D eigenvalue weighted by Crippen LogP contribution is 2.34. The van der Waals surface area contributed by atoms with E-state index in [0.717, 1.165) is 52.1 Å². The topological polar surface area (TPSA) is 99.9 Å². The van der Waals surface area contributed by atoms with Crippen molar-refractivity contribution in [3.8, 4) is 11.3 Å². The molecule has 6 heterocycles. The maximum absolute atomic E-state index is 4.84. The number of hydrogen-bond donors (Lipinski definition) is 2. The third kappa shape index (κ3) is 3.95. The Hall–Kier alpha value is -3.63. The minimum Gasteiger partial charge on any atom is -0.328 e. The standard InChI is InChI=1S/C24H25N9S/c1-16-15-33-20(17-12-27-28-13-17)14-26-24(33)23(29-16)30-21-11-19(31-34-21)22(18-7-3-4-8-25-18)32-9-5-2-6-10-32/h3-4,7-8,11-15,22H,2,5-6,9-10H2,1H3,(H,27,28)(H,29,30). The van der Waals surface area contributed by atoms with Crippen molar-refractivity contribution in [1.82, 2.24) is 38.8 Å². The number of imidazole rings is 1. The highest BCUT2D eigenvalue weighted by Gasteiger charge is 2.27. The number of likely N-dealkylation sites (tertiary alicyclic amines) is 1. The first kappa shape index (κ1) is 20.9. The summed E-state index contributed by atoms with van der Waals surface area (Å²) in [5.74, 6) is 0.706. The number of fused-ring (bicyclic) bond motifs is 1. The molecule has 0 spiro atoms. The number of aryl methyl sites for hydroxylation is 1. The molecule has 1 unspecified atom stereocenters. The summed E-state index contributed by atoms with van der Waals surface area (Å²) >= 11 is 1.44. The van der Waals surface area contributed by atoms with Gasteiger partial charge in [0.05, 0.1) is 41.2 Å². The SMILES string of the molecule is Cc1cn2c(-c3cn[nH]c3)cnc2c(Nc2cc(C(c3ccccn3)N3CCCCC3)ns2)n1. The van der Waals surface area contributed by atoms with Gasteiger partial charge in [0.25, 0.3) is 0 Å². The second-order valence-electron chi connectivity index (χ2n) is 8.55. The molecule has 6 rings (SSSR count). The normalized spacial score (nSPS) is 15.6. The summed E-state index contributed by atoms with van der Waals surface area (Å²) in [4.78, 5) is 16.5. The van der Waals surface area contributed by atoms with Crippen molar-refractivity contribution in [3.63, 3.8) is 0 Å². The zero-order chi connectivity index (χ0) is 22.9. The predicted molar refractivity (Wildman–Crippen MR) is 132 cm³/mol. The molecule has 10 heteroatoms. The second-order valence-corrected chi connectivity index (χ2v) is 9.35. The summed E-state index contributed by atoms with van der Waals surface area (Å²) in [6.45, 7) is 4.11. The van der Waals surface area contributed by atoms with Crippen molar-refractivity contribution in [2.24, 2.45) is 0 Å². The van der Waals surface area contributed by atoms with Gasteiger partial charge in [0.15, 0.2) is 11.5 Å². The Bertz CT molecular complexity index is 1380. The zero-order valence-electron chi connectivity index (χ0n) is 18.8. The number of piperidine rings is 1. The van der Waals surface area contributed by atoms with Crippen LogP contribution in [0.3, 0.4) is 0 Å². The van der Waals surface area contributed by atoms with E-state index in [0.29, 0.717) is 5.82 Å². The lowest BCUT2D eigenvalue weighted by molar-refractivity contribution is 0.182. The fourth-order valence-electron chi connectivity index (χ4n) is 4.63. The number of pyridine rings is 1. The van der Waals surface area contributed by atoms with Crippen LogP contribution in [0, 0.1) is 6.92 Å². The van der Waals surface area contributed by atoms with Gasteiger partial charge in [-0.2, -0.15) is 9.47 Å². The molecule has 1 atom stereocenters. The molecule has 172 valence electrons.